The first-order valence-electron chi connectivity index (χ1n) is 9.01. The van der Waals surface area contributed by atoms with Crippen molar-refractivity contribution in [2.24, 2.45) is 10.7 Å². The highest BCUT2D eigenvalue weighted by Crippen LogP contribution is 2.35. The molecule has 26 heavy (non-hydrogen) atoms. The van der Waals surface area contributed by atoms with E-state index in [9.17, 15) is 0 Å². The summed E-state index contributed by atoms with van der Waals surface area (Å²) < 4.78 is 5.58. The Balaban J connectivity index is 0.00000243. The van der Waals surface area contributed by atoms with Gasteiger partial charge in [-0.15, -0.1) is 24.0 Å². The maximum atomic E-state index is 6.14. The molecule has 0 aliphatic carbocycles. The number of aryl methyl sites for hydroxylation is 1. The van der Waals surface area contributed by atoms with Crippen LogP contribution in [0, 0.1) is 0 Å². The molecule has 140 valence electrons. The van der Waals surface area contributed by atoms with Crippen LogP contribution in [0.15, 0.2) is 59.6 Å². The fraction of sp³-hybridized carbons (Fsp3) is 0.381. The molecule has 0 atom stereocenters. The van der Waals surface area contributed by atoms with Gasteiger partial charge in [-0.1, -0.05) is 49.4 Å². The van der Waals surface area contributed by atoms with E-state index in [1.807, 2.05) is 12.1 Å². The summed E-state index contributed by atoms with van der Waals surface area (Å²) in [6, 6.07) is 18.9. The summed E-state index contributed by atoms with van der Waals surface area (Å²) in [5, 5.41) is 3.20. The minimum atomic E-state index is 0. The Morgan fingerprint density at radius 2 is 1.73 bits per heavy atom. The minimum Gasteiger partial charge on any atom is -0.381 e. The number of hydrogen-bond acceptors (Lipinski definition) is 2. The lowest BCUT2D eigenvalue weighted by atomic mass is 9.74. The third kappa shape index (κ3) is 5.20. The van der Waals surface area contributed by atoms with Crippen LogP contribution in [0.2, 0.25) is 0 Å². The number of hydrogen-bond donors (Lipinski definition) is 2. The zero-order chi connectivity index (χ0) is 17.5. The molecule has 1 fully saturated rings. The molecule has 0 bridgehead atoms. The number of benzene rings is 2. The van der Waals surface area contributed by atoms with Crippen LogP contribution in [-0.4, -0.2) is 25.7 Å². The summed E-state index contributed by atoms with van der Waals surface area (Å²) in [7, 11) is 0. The van der Waals surface area contributed by atoms with Gasteiger partial charge in [0.15, 0.2) is 5.96 Å². The van der Waals surface area contributed by atoms with Crippen LogP contribution in [0.5, 0.6) is 0 Å². The normalized spacial score (nSPS) is 16.6. The third-order valence-electron chi connectivity index (χ3n) is 5.02. The molecule has 1 heterocycles. The molecule has 2 aromatic carbocycles. The minimum absolute atomic E-state index is 0. The smallest absolute Gasteiger partial charge is 0.193 e. The van der Waals surface area contributed by atoms with Gasteiger partial charge in [0.05, 0.1) is 6.54 Å². The molecule has 1 saturated heterocycles. The summed E-state index contributed by atoms with van der Waals surface area (Å²) in [5.41, 5.74) is 9.75. The summed E-state index contributed by atoms with van der Waals surface area (Å²) >= 11 is 0. The van der Waals surface area contributed by atoms with Crippen molar-refractivity contribution >= 4 is 35.6 Å². The van der Waals surface area contributed by atoms with Gasteiger partial charge in [0.1, 0.15) is 0 Å². The summed E-state index contributed by atoms with van der Waals surface area (Å²) in [6.45, 7) is 4.37. The lowest BCUT2D eigenvalue weighted by molar-refractivity contribution is 0.0531. The van der Waals surface area contributed by atoms with E-state index in [-0.39, 0.29) is 29.4 Å². The number of guanidine groups is 1. The number of aliphatic imine (C=N–C) groups is 1. The highest BCUT2D eigenvalue weighted by molar-refractivity contribution is 14.0. The quantitative estimate of drug-likeness (QED) is 0.393. The van der Waals surface area contributed by atoms with E-state index in [0.717, 1.165) is 38.2 Å². The fourth-order valence-corrected chi connectivity index (χ4v) is 3.34. The van der Waals surface area contributed by atoms with E-state index < -0.39 is 0 Å². The SMILES string of the molecule is CCc1ccc(NC(N)=NCC2(c3ccccc3)CCOCC2)cc1.I. The molecule has 4 nitrogen and oxygen atoms in total. The molecule has 0 radical (unpaired) electrons. The maximum absolute atomic E-state index is 6.14. The number of nitrogens with zero attached hydrogens (tertiary/aromatic N) is 1. The Hall–Kier alpha value is -1.60. The van der Waals surface area contributed by atoms with Gasteiger partial charge in [-0.05, 0) is 42.5 Å². The van der Waals surface area contributed by atoms with Gasteiger partial charge in [-0.3, -0.25) is 4.99 Å². The van der Waals surface area contributed by atoms with Crippen LogP contribution in [0.4, 0.5) is 5.69 Å². The first-order valence-corrected chi connectivity index (χ1v) is 9.01. The summed E-state index contributed by atoms with van der Waals surface area (Å²) in [6.07, 6.45) is 2.98. The van der Waals surface area contributed by atoms with Gasteiger partial charge in [-0.25, -0.2) is 0 Å². The molecule has 0 amide bonds. The van der Waals surface area contributed by atoms with Crippen molar-refractivity contribution in [2.75, 3.05) is 25.1 Å². The number of rotatable bonds is 5. The standard InChI is InChI=1S/C21H27N3O.HI/c1-2-17-8-10-19(11-9-17)24-20(22)23-16-21(12-14-25-15-13-21)18-6-4-3-5-7-18;/h3-11H,2,12-16H2,1H3,(H3,22,23,24);1H. The van der Waals surface area contributed by atoms with Crippen molar-refractivity contribution in [1.82, 2.24) is 0 Å². The molecule has 0 unspecified atom stereocenters. The van der Waals surface area contributed by atoms with Crippen LogP contribution in [0.25, 0.3) is 0 Å². The largest absolute Gasteiger partial charge is 0.381 e. The van der Waals surface area contributed by atoms with E-state index in [0.29, 0.717) is 12.5 Å². The van der Waals surface area contributed by atoms with Gasteiger partial charge < -0.3 is 15.8 Å². The number of anilines is 1. The Bertz CT molecular complexity index is 695. The molecule has 2 aromatic rings. The fourth-order valence-electron chi connectivity index (χ4n) is 3.34. The van der Waals surface area contributed by atoms with Crippen LogP contribution in [-0.2, 0) is 16.6 Å². The van der Waals surface area contributed by atoms with Crippen LogP contribution in [0.3, 0.4) is 0 Å². The lowest BCUT2D eigenvalue weighted by Gasteiger charge is -2.36. The Kier molecular flexibility index (Phi) is 7.90. The van der Waals surface area contributed by atoms with Gasteiger partial charge in [0.25, 0.3) is 0 Å². The maximum Gasteiger partial charge on any atom is 0.193 e. The Morgan fingerprint density at radius 1 is 1.08 bits per heavy atom. The van der Waals surface area contributed by atoms with Crippen molar-refractivity contribution in [2.45, 2.75) is 31.6 Å². The molecule has 0 aromatic heterocycles. The molecule has 1 aliphatic heterocycles. The van der Waals surface area contributed by atoms with Crippen molar-refractivity contribution in [3.8, 4) is 0 Å². The predicted molar refractivity (Wildman–Crippen MR) is 120 cm³/mol. The van der Waals surface area contributed by atoms with Gasteiger partial charge in [0.2, 0.25) is 0 Å². The third-order valence-corrected chi connectivity index (χ3v) is 5.02. The van der Waals surface area contributed by atoms with Crippen LogP contribution >= 0.6 is 24.0 Å². The zero-order valence-corrected chi connectivity index (χ0v) is 17.6. The predicted octanol–water partition coefficient (Wildman–Crippen LogP) is 4.34. The molecule has 1 aliphatic rings. The number of halogens is 1. The van der Waals surface area contributed by atoms with Crippen molar-refractivity contribution in [3.05, 3.63) is 65.7 Å². The number of ether oxygens (including phenoxy) is 1. The van der Waals surface area contributed by atoms with E-state index in [2.05, 4.69) is 59.7 Å². The molecular weight excluding hydrogens is 437 g/mol. The van der Waals surface area contributed by atoms with Gasteiger partial charge in [0, 0.05) is 24.3 Å². The van der Waals surface area contributed by atoms with E-state index in [1.54, 1.807) is 0 Å². The van der Waals surface area contributed by atoms with E-state index >= 15 is 0 Å². The van der Waals surface area contributed by atoms with Crippen molar-refractivity contribution in [3.63, 3.8) is 0 Å². The second-order valence-corrected chi connectivity index (χ2v) is 6.64. The van der Waals surface area contributed by atoms with Crippen molar-refractivity contribution in [1.29, 1.82) is 0 Å². The number of nitrogens with one attached hydrogen (secondary N) is 1. The second-order valence-electron chi connectivity index (χ2n) is 6.64. The van der Waals surface area contributed by atoms with E-state index in [1.165, 1.54) is 11.1 Å². The van der Waals surface area contributed by atoms with Gasteiger partial charge in [-0.2, -0.15) is 0 Å². The molecule has 3 N–H and O–H groups in total. The first-order chi connectivity index (χ1) is 12.2. The summed E-state index contributed by atoms with van der Waals surface area (Å²) in [4.78, 5) is 4.66. The van der Waals surface area contributed by atoms with Crippen LogP contribution in [0.1, 0.15) is 30.9 Å². The molecular formula is C21H28IN3O. The average molecular weight is 465 g/mol. The number of nitrogens with two attached hydrogens (primary N) is 1. The van der Waals surface area contributed by atoms with Crippen LogP contribution < -0.4 is 11.1 Å². The lowest BCUT2D eigenvalue weighted by Crippen LogP contribution is -2.38. The van der Waals surface area contributed by atoms with Crippen molar-refractivity contribution < 1.29 is 4.74 Å². The molecule has 3 rings (SSSR count). The molecule has 0 spiro atoms. The van der Waals surface area contributed by atoms with E-state index in [4.69, 9.17) is 10.5 Å². The first kappa shape index (κ1) is 20.7. The monoisotopic (exact) mass is 465 g/mol. The topological polar surface area (TPSA) is 59.6 Å². The molecule has 5 heteroatoms. The zero-order valence-electron chi connectivity index (χ0n) is 15.3. The highest BCUT2D eigenvalue weighted by Gasteiger charge is 2.34. The Labute approximate surface area is 173 Å². The highest BCUT2D eigenvalue weighted by atomic mass is 127. The average Bonchev–Trinajstić information content (AvgIpc) is 2.68. The molecule has 0 saturated carbocycles. The van der Waals surface area contributed by atoms with Gasteiger partial charge >= 0.3 is 0 Å². The Morgan fingerprint density at radius 3 is 2.35 bits per heavy atom. The second kappa shape index (κ2) is 9.92. The summed E-state index contributed by atoms with van der Waals surface area (Å²) in [5.74, 6) is 0.464.